The largest absolute Gasteiger partial charge is 0.483 e. The van der Waals surface area contributed by atoms with E-state index < -0.39 is 11.9 Å². The van der Waals surface area contributed by atoms with Gasteiger partial charge in [-0.2, -0.15) is 0 Å². The summed E-state index contributed by atoms with van der Waals surface area (Å²) in [4.78, 5) is 23.0. The van der Waals surface area contributed by atoms with Crippen molar-refractivity contribution in [3.8, 4) is 5.75 Å². The maximum atomic E-state index is 12.1. The third-order valence-corrected chi connectivity index (χ3v) is 4.02. The Hall–Kier alpha value is -2.82. The number of nitrogens with one attached hydrogen (secondary N) is 1. The lowest BCUT2D eigenvalue weighted by Gasteiger charge is -2.13. The van der Waals surface area contributed by atoms with Crippen LogP contribution in [0, 0.1) is 20.8 Å². The van der Waals surface area contributed by atoms with Crippen LogP contribution in [0.4, 0.5) is 5.69 Å². The van der Waals surface area contributed by atoms with Gasteiger partial charge in [0.15, 0.2) is 6.61 Å². The summed E-state index contributed by atoms with van der Waals surface area (Å²) in [6.45, 7) is 7.46. The predicted octanol–water partition coefficient (Wildman–Crippen LogP) is 3.82. The van der Waals surface area contributed by atoms with Crippen molar-refractivity contribution in [2.45, 2.75) is 33.6 Å². The normalized spacial score (nSPS) is 11.7. The van der Waals surface area contributed by atoms with Gasteiger partial charge in [0.25, 0.3) is 5.91 Å². The van der Waals surface area contributed by atoms with Crippen LogP contribution in [0.5, 0.6) is 5.75 Å². The summed E-state index contributed by atoms with van der Waals surface area (Å²) in [6.07, 6.45) is 0. The van der Waals surface area contributed by atoms with Gasteiger partial charge in [-0.05, 0) is 56.5 Å². The number of carboxylic acids is 1. The van der Waals surface area contributed by atoms with Crippen LogP contribution < -0.4 is 10.1 Å². The molecule has 0 aliphatic carbocycles. The average molecular weight is 341 g/mol. The first-order valence-corrected chi connectivity index (χ1v) is 8.11. The molecule has 2 aromatic rings. The smallest absolute Gasteiger partial charge is 0.310 e. The Balaban J connectivity index is 1.96. The first kappa shape index (κ1) is 18.5. The van der Waals surface area contributed by atoms with Gasteiger partial charge in [0.1, 0.15) is 5.75 Å². The topological polar surface area (TPSA) is 75.6 Å². The van der Waals surface area contributed by atoms with E-state index in [1.165, 1.54) is 0 Å². The zero-order valence-corrected chi connectivity index (χ0v) is 14.9. The molecule has 5 heteroatoms. The minimum absolute atomic E-state index is 0.0853. The number of benzene rings is 2. The van der Waals surface area contributed by atoms with Crippen LogP contribution >= 0.6 is 0 Å². The molecule has 5 nitrogen and oxygen atoms in total. The molecule has 0 saturated carbocycles. The standard InChI is InChI=1S/C20H23NO4/c1-12-9-13(2)19(14(3)10-12)25-11-18(22)21-17-7-5-16(6-8-17)15(4)20(23)24/h5-10,15H,11H2,1-4H3,(H,21,22)(H,23,24). The van der Waals surface area contributed by atoms with Crippen molar-refractivity contribution in [3.05, 3.63) is 58.7 Å². The molecule has 132 valence electrons. The molecule has 0 heterocycles. The van der Waals surface area contributed by atoms with E-state index in [1.807, 2.05) is 32.9 Å². The first-order valence-electron chi connectivity index (χ1n) is 8.11. The van der Waals surface area contributed by atoms with Crippen molar-refractivity contribution in [1.29, 1.82) is 0 Å². The van der Waals surface area contributed by atoms with Crippen molar-refractivity contribution in [3.63, 3.8) is 0 Å². The van der Waals surface area contributed by atoms with Gasteiger partial charge in [-0.25, -0.2) is 0 Å². The summed E-state index contributed by atoms with van der Waals surface area (Å²) in [7, 11) is 0. The number of ether oxygens (including phenoxy) is 1. The average Bonchev–Trinajstić information content (AvgIpc) is 2.53. The summed E-state index contributed by atoms with van der Waals surface area (Å²) in [6, 6.07) is 10.8. The van der Waals surface area contributed by atoms with Crippen LogP contribution in [0.3, 0.4) is 0 Å². The number of hydrogen-bond acceptors (Lipinski definition) is 3. The van der Waals surface area contributed by atoms with Crippen molar-refractivity contribution in [1.82, 2.24) is 0 Å². The van der Waals surface area contributed by atoms with E-state index in [0.717, 1.165) is 22.4 Å². The van der Waals surface area contributed by atoms with Crippen LogP contribution in [0.25, 0.3) is 0 Å². The Labute approximate surface area is 147 Å². The van der Waals surface area contributed by atoms with Gasteiger partial charge in [-0.3, -0.25) is 9.59 Å². The van der Waals surface area contributed by atoms with Crippen LogP contribution in [-0.2, 0) is 9.59 Å². The number of carbonyl (C=O) groups is 2. The molecule has 0 aromatic heterocycles. The van der Waals surface area contributed by atoms with E-state index in [1.54, 1.807) is 31.2 Å². The van der Waals surface area contributed by atoms with Crippen LogP contribution in [0.2, 0.25) is 0 Å². The number of aliphatic carboxylic acids is 1. The van der Waals surface area contributed by atoms with E-state index in [0.29, 0.717) is 11.3 Å². The second kappa shape index (κ2) is 7.83. The van der Waals surface area contributed by atoms with Crippen LogP contribution in [0.15, 0.2) is 36.4 Å². The lowest BCUT2D eigenvalue weighted by atomic mass is 10.0. The minimum atomic E-state index is -0.881. The molecule has 0 fully saturated rings. The van der Waals surface area contributed by atoms with Gasteiger partial charge in [-0.15, -0.1) is 0 Å². The zero-order chi connectivity index (χ0) is 18.6. The van der Waals surface area contributed by atoms with Gasteiger partial charge in [0.2, 0.25) is 0 Å². The Morgan fingerprint density at radius 2 is 1.64 bits per heavy atom. The van der Waals surface area contributed by atoms with Gasteiger partial charge < -0.3 is 15.2 Å². The Bertz CT molecular complexity index is 758. The van der Waals surface area contributed by atoms with E-state index in [4.69, 9.17) is 9.84 Å². The minimum Gasteiger partial charge on any atom is -0.483 e. The summed E-state index contributed by atoms with van der Waals surface area (Å²) in [5, 5.41) is 11.8. The second-order valence-electron chi connectivity index (χ2n) is 6.25. The fourth-order valence-corrected chi connectivity index (χ4v) is 2.73. The molecule has 0 saturated heterocycles. The molecule has 0 bridgehead atoms. The van der Waals surface area contributed by atoms with E-state index >= 15 is 0 Å². The molecule has 0 aliphatic heterocycles. The van der Waals surface area contributed by atoms with Crippen LogP contribution in [-0.4, -0.2) is 23.6 Å². The number of rotatable bonds is 6. The van der Waals surface area contributed by atoms with Gasteiger partial charge in [0, 0.05) is 5.69 Å². The Morgan fingerprint density at radius 3 is 2.16 bits per heavy atom. The first-order chi connectivity index (χ1) is 11.8. The maximum absolute atomic E-state index is 12.1. The fourth-order valence-electron chi connectivity index (χ4n) is 2.73. The van der Waals surface area contributed by atoms with E-state index in [9.17, 15) is 9.59 Å². The lowest BCUT2D eigenvalue weighted by molar-refractivity contribution is -0.138. The van der Waals surface area contributed by atoms with Crippen LogP contribution in [0.1, 0.15) is 35.1 Å². The number of anilines is 1. The molecule has 0 radical (unpaired) electrons. The molecule has 25 heavy (non-hydrogen) atoms. The van der Waals surface area contributed by atoms with E-state index in [-0.39, 0.29) is 12.5 Å². The lowest BCUT2D eigenvalue weighted by Crippen LogP contribution is -2.20. The quantitative estimate of drug-likeness (QED) is 0.837. The number of carboxylic acid groups (broad SMARTS) is 1. The zero-order valence-electron chi connectivity index (χ0n) is 14.9. The number of aryl methyl sites for hydroxylation is 3. The van der Waals surface area contributed by atoms with Gasteiger partial charge in [-0.1, -0.05) is 29.8 Å². The predicted molar refractivity (Wildman–Crippen MR) is 97.3 cm³/mol. The van der Waals surface area contributed by atoms with Crippen molar-refractivity contribution in [2.24, 2.45) is 0 Å². The molecule has 1 amide bonds. The number of hydrogen-bond donors (Lipinski definition) is 2. The molecule has 0 aliphatic rings. The molecule has 1 atom stereocenters. The molecular weight excluding hydrogens is 318 g/mol. The summed E-state index contributed by atoms with van der Waals surface area (Å²) in [5.74, 6) is -1.00. The highest BCUT2D eigenvalue weighted by molar-refractivity contribution is 5.92. The molecule has 2 rings (SSSR count). The van der Waals surface area contributed by atoms with Crippen molar-refractivity contribution < 1.29 is 19.4 Å². The molecular formula is C20H23NO4. The Kier molecular flexibility index (Phi) is 5.80. The monoisotopic (exact) mass is 341 g/mol. The van der Waals surface area contributed by atoms with Crippen molar-refractivity contribution in [2.75, 3.05) is 11.9 Å². The highest BCUT2D eigenvalue weighted by Gasteiger charge is 2.13. The highest BCUT2D eigenvalue weighted by Crippen LogP contribution is 2.24. The summed E-state index contributed by atoms with van der Waals surface area (Å²) in [5.41, 5.74) is 4.44. The molecule has 2 N–H and O–H groups in total. The second-order valence-corrected chi connectivity index (χ2v) is 6.25. The van der Waals surface area contributed by atoms with Crippen molar-refractivity contribution >= 4 is 17.6 Å². The van der Waals surface area contributed by atoms with Gasteiger partial charge in [0.05, 0.1) is 5.92 Å². The molecule has 0 spiro atoms. The van der Waals surface area contributed by atoms with E-state index in [2.05, 4.69) is 5.32 Å². The Morgan fingerprint density at radius 1 is 1.08 bits per heavy atom. The SMILES string of the molecule is Cc1cc(C)c(OCC(=O)Nc2ccc(C(C)C(=O)O)cc2)c(C)c1. The maximum Gasteiger partial charge on any atom is 0.310 e. The summed E-state index contributed by atoms with van der Waals surface area (Å²) >= 11 is 0. The number of carbonyl (C=O) groups excluding carboxylic acids is 1. The molecule has 2 aromatic carbocycles. The summed E-state index contributed by atoms with van der Waals surface area (Å²) < 4.78 is 5.66. The highest BCUT2D eigenvalue weighted by atomic mass is 16.5. The fraction of sp³-hybridized carbons (Fsp3) is 0.300. The van der Waals surface area contributed by atoms with Gasteiger partial charge >= 0.3 is 5.97 Å². The third-order valence-electron chi connectivity index (χ3n) is 4.02. The molecule has 1 unspecified atom stereocenters. The number of amides is 1. The third kappa shape index (κ3) is 4.83.